The third kappa shape index (κ3) is 2.55. The van der Waals surface area contributed by atoms with Crippen molar-refractivity contribution in [3.63, 3.8) is 0 Å². The van der Waals surface area contributed by atoms with Crippen molar-refractivity contribution in [2.24, 2.45) is 5.92 Å². The number of nitrogens with zero attached hydrogens (tertiary/aromatic N) is 2. The molecule has 0 unspecified atom stereocenters. The predicted octanol–water partition coefficient (Wildman–Crippen LogP) is 0.943. The van der Waals surface area contributed by atoms with Crippen LogP contribution in [-0.4, -0.2) is 24.2 Å². The quantitative estimate of drug-likeness (QED) is 0.733. The van der Waals surface area contributed by atoms with Crippen LogP contribution in [0.5, 0.6) is 0 Å². The minimum Gasteiger partial charge on any atom is -0.322 e. The minimum atomic E-state index is -3.18. The van der Waals surface area contributed by atoms with E-state index in [1.807, 2.05) is 13.8 Å². The normalized spacial score (nSPS) is 12.3. The third-order valence-corrected chi connectivity index (χ3v) is 2.57. The first-order valence-corrected chi connectivity index (χ1v) is 6.01. The highest BCUT2D eigenvalue weighted by Gasteiger charge is 2.14. The zero-order valence-corrected chi connectivity index (χ0v) is 8.87. The van der Waals surface area contributed by atoms with E-state index in [0.717, 1.165) is 0 Å². The topological polar surface area (TPSA) is 52.0 Å². The van der Waals surface area contributed by atoms with Gasteiger partial charge >= 0.3 is 0 Å². The minimum absolute atomic E-state index is 0.154. The average Bonchev–Trinajstić information content (AvgIpc) is 2.31. The van der Waals surface area contributed by atoms with E-state index in [9.17, 15) is 8.42 Å². The predicted molar refractivity (Wildman–Crippen MR) is 50.2 cm³/mol. The highest BCUT2D eigenvalue weighted by Crippen LogP contribution is 2.08. The van der Waals surface area contributed by atoms with E-state index < -0.39 is 9.84 Å². The summed E-state index contributed by atoms with van der Waals surface area (Å²) in [4.78, 5) is 3.82. The smallest absolute Gasteiger partial charge is 0.227 e. The van der Waals surface area contributed by atoms with Gasteiger partial charge in [-0.05, 0) is 5.92 Å². The Kier molecular flexibility index (Phi) is 2.75. The van der Waals surface area contributed by atoms with Crippen molar-refractivity contribution < 1.29 is 8.42 Å². The molecule has 0 spiro atoms. The molecule has 1 heterocycles. The lowest BCUT2D eigenvalue weighted by atomic mass is 10.2. The fraction of sp³-hybridized carbons (Fsp3) is 0.625. The van der Waals surface area contributed by atoms with Crippen molar-refractivity contribution in [1.29, 1.82) is 0 Å². The lowest BCUT2D eigenvalue weighted by molar-refractivity contribution is 0.483. The van der Waals surface area contributed by atoms with Crippen LogP contribution in [0.15, 0.2) is 17.6 Å². The van der Waals surface area contributed by atoms with Gasteiger partial charge in [-0.15, -0.1) is 0 Å². The Morgan fingerprint density at radius 1 is 1.54 bits per heavy atom. The van der Waals surface area contributed by atoms with Gasteiger partial charge in [0.1, 0.15) is 0 Å². The zero-order valence-electron chi connectivity index (χ0n) is 8.06. The molecule has 1 aromatic rings. The first-order valence-electron chi connectivity index (χ1n) is 4.12. The van der Waals surface area contributed by atoms with Crippen LogP contribution < -0.4 is 0 Å². The fourth-order valence-corrected chi connectivity index (χ4v) is 1.97. The van der Waals surface area contributed by atoms with Crippen LogP contribution in [0, 0.1) is 5.92 Å². The first kappa shape index (κ1) is 10.2. The molecular weight excluding hydrogens is 188 g/mol. The molecule has 0 atom stereocenters. The molecule has 0 saturated heterocycles. The Balaban J connectivity index is 3.04. The maximum absolute atomic E-state index is 11.2. The molecule has 4 nitrogen and oxygen atoms in total. The maximum atomic E-state index is 11.2. The standard InChI is InChI=1S/C8H14N2O2S/c1-7(2)6-10-5-4-9-8(10)13(3,11)12/h4-5,7H,6H2,1-3H3. The molecule has 0 amide bonds. The van der Waals surface area contributed by atoms with Gasteiger partial charge in [0.15, 0.2) is 0 Å². The van der Waals surface area contributed by atoms with Gasteiger partial charge in [0.05, 0.1) is 0 Å². The third-order valence-electron chi connectivity index (χ3n) is 1.57. The molecular formula is C8H14N2O2S. The summed E-state index contributed by atoms with van der Waals surface area (Å²) in [6.07, 6.45) is 4.38. The number of aromatic nitrogens is 2. The summed E-state index contributed by atoms with van der Waals surface area (Å²) in [6, 6.07) is 0. The molecule has 0 bridgehead atoms. The van der Waals surface area contributed by atoms with Crippen LogP contribution in [0.2, 0.25) is 0 Å². The summed E-state index contributed by atoms with van der Waals surface area (Å²) < 4.78 is 24.1. The Hall–Kier alpha value is -0.840. The van der Waals surface area contributed by atoms with Gasteiger partial charge in [-0.2, -0.15) is 0 Å². The van der Waals surface area contributed by atoms with Crippen molar-refractivity contribution >= 4 is 9.84 Å². The fourth-order valence-electron chi connectivity index (χ4n) is 1.16. The molecule has 74 valence electrons. The van der Waals surface area contributed by atoms with E-state index in [1.165, 1.54) is 12.5 Å². The lowest BCUT2D eigenvalue weighted by Crippen LogP contribution is -2.11. The van der Waals surface area contributed by atoms with Crippen LogP contribution >= 0.6 is 0 Å². The molecule has 1 aromatic heterocycles. The van der Waals surface area contributed by atoms with Crippen molar-refractivity contribution in [2.45, 2.75) is 25.5 Å². The van der Waals surface area contributed by atoms with Crippen molar-refractivity contribution in [2.75, 3.05) is 6.26 Å². The average molecular weight is 202 g/mol. The molecule has 5 heteroatoms. The molecule has 1 rings (SSSR count). The zero-order chi connectivity index (χ0) is 10.1. The summed E-state index contributed by atoms with van der Waals surface area (Å²) in [5.74, 6) is 0.412. The van der Waals surface area contributed by atoms with Crippen molar-refractivity contribution in [3.8, 4) is 0 Å². The molecule has 0 fully saturated rings. The molecule has 0 aliphatic rings. The number of hydrogen-bond acceptors (Lipinski definition) is 3. The van der Waals surface area contributed by atoms with Gasteiger partial charge < -0.3 is 4.57 Å². The summed E-state index contributed by atoms with van der Waals surface area (Å²) in [5, 5.41) is 0.154. The number of imidazole rings is 1. The SMILES string of the molecule is CC(C)Cn1ccnc1S(C)(=O)=O. The molecule has 0 radical (unpaired) electrons. The first-order chi connectivity index (χ1) is 5.91. The van der Waals surface area contributed by atoms with Crippen molar-refractivity contribution in [3.05, 3.63) is 12.4 Å². The Labute approximate surface area is 78.5 Å². The number of sulfone groups is 1. The van der Waals surface area contributed by atoms with E-state index >= 15 is 0 Å². The monoisotopic (exact) mass is 202 g/mol. The Bertz CT molecular complexity index is 379. The molecule has 0 saturated carbocycles. The highest BCUT2D eigenvalue weighted by atomic mass is 32.2. The van der Waals surface area contributed by atoms with E-state index in [-0.39, 0.29) is 5.16 Å². The van der Waals surface area contributed by atoms with Crippen LogP contribution in [-0.2, 0) is 16.4 Å². The molecule has 0 aliphatic carbocycles. The summed E-state index contributed by atoms with van der Waals surface area (Å²) >= 11 is 0. The highest BCUT2D eigenvalue weighted by molar-refractivity contribution is 7.90. The Morgan fingerprint density at radius 3 is 2.62 bits per heavy atom. The van der Waals surface area contributed by atoms with E-state index in [0.29, 0.717) is 12.5 Å². The van der Waals surface area contributed by atoms with Gasteiger partial charge in [-0.3, -0.25) is 0 Å². The van der Waals surface area contributed by atoms with Crippen molar-refractivity contribution in [1.82, 2.24) is 9.55 Å². The number of rotatable bonds is 3. The molecule has 13 heavy (non-hydrogen) atoms. The van der Waals surface area contributed by atoms with E-state index in [2.05, 4.69) is 4.98 Å². The van der Waals surface area contributed by atoms with E-state index in [1.54, 1.807) is 10.8 Å². The summed E-state index contributed by atoms with van der Waals surface area (Å²) in [7, 11) is -3.18. The summed E-state index contributed by atoms with van der Waals surface area (Å²) in [6.45, 7) is 4.75. The van der Waals surface area contributed by atoms with Gasteiger partial charge in [0, 0.05) is 25.2 Å². The maximum Gasteiger partial charge on any atom is 0.227 e. The largest absolute Gasteiger partial charge is 0.322 e. The van der Waals surface area contributed by atoms with Crippen LogP contribution in [0.1, 0.15) is 13.8 Å². The number of hydrogen-bond donors (Lipinski definition) is 0. The molecule has 0 N–H and O–H groups in total. The second-order valence-electron chi connectivity index (χ2n) is 3.53. The molecule has 0 aliphatic heterocycles. The second-order valence-corrected chi connectivity index (χ2v) is 5.44. The molecule has 0 aromatic carbocycles. The van der Waals surface area contributed by atoms with Gasteiger partial charge in [-0.1, -0.05) is 13.8 Å². The van der Waals surface area contributed by atoms with Gasteiger partial charge in [0.2, 0.25) is 15.0 Å². The Morgan fingerprint density at radius 2 is 2.15 bits per heavy atom. The lowest BCUT2D eigenvalue weighted by Gasteiger charge is -2.08. The second kappa shape index (κ2) is 3.49. The van der Waals surface area contributed by atoms with Crippen LogP contribution in [0.25, 0.3) is 0 Å². The van der Waals surface area contributed by atoms with Gasteiger partial charge in [0.25, 0.3) is 0 Å². The van der Waals surface area contributed by atoms with Crippen LogP contribution in [0.4, 0.5) is 0 Å². The summed E-state index contributed by atoms with van der Waals surface area (Å²) in [5.41, 5.74) is 0. The van der Waals surface area contributed by atoms with Crippen LogP contribution in [0.3, 0.4) is 0 Å². The van der Waals surface area contributed by atoms with E-state index in [4.69, 9.17) is 0 Å². The van der Waals surface area contributed by atoms with Gasteiger partial charge in [-0.25, -0.2) is 13.4 Å².